The Morgan fingerprint density at radius 1 is 1.21 bits per heavy atom. The van der Waals surface area contributed by atoms with E-state index in [1.807, 2.05) is 20.8 Å². The van der Waals surface area contributed by atoms with Crippen LogP contribution in [0.2, 0.25) is 0 Å². The number of amides is 1. The van der Waals surface area contributed by atoms with Crippen molar-refractivity contribution in [2.24, 2.45) is 0 Å². The highest BCUT2D eigenvalue weighted by Gasteiger charge is 2.33. The van der Waals surface area contributed by atoms with E-state index in [0.717, 1.165) is 19.4 Å². The van der Waals surface area contributed by atoms with Crippen LogP contribution in [-0.2, 0) is 4.74 Å². The van der Waals surface area contributed by atoms with E-state index < -0.39 is 5.60 Å². The number of carbonyl (C=O) groups excluding carboxylic acids is 1. The lowest BCUT2D eigenvalue weighted by Gasteiger charge is -2.38. The van der Waals surface area contributed by atoms with Gasteiger partial charge >= 0.3 is 6.09 Å². The third kappa shape index (κ3) is 4.66. The van der Waals surface area contributed by atoms with Gasteiger partial charge in [-0.2, -0.15) is 0 Å². The Bertz CT molecular complexity index is 321. The Morgan fingerprint density at radius 2 is 1.89 bits per heavy atom. The highest BCUT2D eigenvalue weighted by Crippen LogP contribution is 2.22. The third-order valence-corrected chi connectivity index (χ3v) is 3.72. The van der Waals surface area contributed by atoms with Crippen LogP contribution in [0.5, 0.6) is 0 Å². The summed E-state index contributed by atoms with van der Waals surface area (Å²) in [6.07, 6.45) is 2.97. The Balaban J connectivity index is 1.60. The van der Waals surface area contributed by atoms with E-state index in [1.165, 1.54) is 13.0 Å². The van der Waals surface area contributed by atoms with Gasteiger partial charge in [0.2, 0.25) is 0 Å². The van der Waals surface area contributed by atoms with Gasteiger partial charge in [-0.05, 0) is 53.6 Å². The van der Waals surface area contributed by atoms with Crippen molar-refractivity contribution < 1.29 is 9.53 Å². The number of nitrogens with one attached hydrogen (secondary N) is 2. The molecule has 1 aliphatic heterocycles. The molecule has 1 saturated heterocycles. The van der Waals surface area contributed by atoms with Crippen LogP contribution in [0.1, 0.15) is 40.0 Å². The average molecular weight is 269 g/mol. The molecule has 1 saturated carbocycles. The predicted molar refractivity (Wildman–Crippen MR) is 75.2 cm³/mol. The fourth-order valence-corrected chi connectivity index (χ4v) is 2.75. The maximum absolute atomic E-state index is 11.6. The summed E-state index contributed by atoms with van der Waals surface area (Å²) >= 11 is 0. The fraction of sp³-hybridized carbons (Fsp3) is 0.929. The SMILES string of the molecule is CN1CCC(NC2CC(NC(=O)OC(C)(C)C)C2)C1. The first kappa shape index (κ1) is 14.6. The Labute approximate surface area is 116 Å². The third-order valence-electron chi connectivity index (χ3n) is 3.72. The van der Waals surface area contributed by atoms with Crippen molar-refractivity contribution in [1.82, 2.24) is 15.5 Å². The van der Waals surface area contributed by atoms with Crippen molar-refractivity contribution >= 4 is 6.09 Å². The van der Waals surface area contributed by atoms with Crippen LogP contribution in [-0.4, -0.2) is 54.9 Å². The molecule has 2 fully saturated rings. The van der Waals surface area contributed by atoms with E-state index in [9.17, 15) is 4.79 Å². The van der Waals surface area contributed by atoms with Gasteiger partial charge in [-0.3, -0.25) is 0 Å². The molecule has 0 radical (unpaired) electrons. The molecule has 2 N–H and O–H groups in total. The van der Waals surface area contributed by atoms with Crippen molar-refractivity contribution in [2.45, 2.75) is 63.8 Å². The quantitative estimate of drug-likeness (QED) is 0.812. The number of hydrogen-bond acceptors (Lipinski definition) is 4. The summed E-state index contributed by atoms with van der Waals surface area (Å²) in [5.74, 6) is 0. The highest BCUT2D eigenvalue weighted by molar-refractivity contribution is 5.68. The largest absolute Gasteiger partial charge is 0.444 e. The molecule has 1 unspecified atom stereocenters. The number of carbonyl (C=O) groups is 1. The Kier molecular flexibility index (Phi) is 4.36. The van der Waals surface area contributed by atoms with Crippen molar-refractivity contribution in [2.75, 3.05) is 20.1 Å². The molecule has 2 rings (SSSR count). The highest BCUT2D eigenvalue weighted by atomic mass is 16.6. The molecular weight excluding hydrogens is 242 g/mol. The Morgan fingerprint density at radius 3 is 2.42 bits per heavy atom. The molecule has 0 bridgehead atoms. The molecule has 2 aliphatic rings. The zero-order valence-electron chi connectivity index (χ0n) is 12.5. The maximum atomic E-state index is 11.6. The lowest BCUT2D eigenvalue weighted by Crippen LogP contribution is -2.55. The summed E-state index contributed by atoms with van der Waals surface area (Å²) < 4.78 is 5.25. The lowest BCUT2D eigenvalue weighted by atomic mass is 9.86. The second-order valence-corrected chi connectivity index (χ2v) is 6.93. The number of alkyl carbamates (subject to hydrolysis) is 1. The number of hydrogen-bond donors (Lipinski definition) is 2. The molecule has 19 heavy (non-hydrogen) atoms. The van der Waals surface area contributed by atoms with E-state index in [2.05, 4.69) is 22.6 Å². The summed E-state index contributed by atoms with van der Waals surface area (Å²) in [4.78, 5) is 13.9. The van der Waals surface area contributed by atoms with Crippen molar-refractivity contribution in [3.05, 3.63) is 0 Å². The van der Waals surface area contributed by atoms with Crippen molar-refractivity contribution in [3.63, 3.8) is 0 Å². The van der Waals surface area contributed by atoms with Gasteiger partial charge in [0.1, 0.15) is 5.60 Å². The van der Waals surface area contributed by atoms with Gasteiger partial charge < -0.3 is 20.3 Å². The zero-order valence-corrected chi connectivity index (χ0v) is 12.5. The molecule has 1 aliphatic carbocycles. The molecule has 0 aromatic rings. The first-order valence-corrected chi connectivity index (χ1v) is 7.26. The van der Waals surface area contributed by atoms with Gasteiger partial charge in [0.05, 0.1) is 0 Å². The van der Waals surface area contributed by atoms with Crippen LogP contribution in [0.25, 0.3) is 0 Å². The number of likely N-dealkylation sites (tertiary alicyclic amines) is 1. The van der Waals surface area contributed by atoms with E-state index in [1.54, 1.807) is 0 Å². The molecule has 0 aromatic heterocycles. The van der Waals surface area contributed by atoms with Gasteiger partial charge in [0, 0.05) is 24.7 Å². The molecule has 5 nitrogen and oxygen atoms in total. The summed E-state index contributed by atoms with van der Waals surface area (Å²) in [6, 6.07) is 1.44. The van der Waals surface area contributed by atoms with Crippen LogP contribution in [0, 0.1) is 0 Å². The Hall–Kier alpha value is -0.810. The first-order chi connectivity index (χ1) is 8.82. The molecule has 1 amide bonds. The minimum Gasteiger partial charge on any atom is -0.444 e. The van der Waals surface area contributed by atoms with Gasteiger partial charge in [0.15, 0.2) is 0 Å². The average Bonchev–Trinajstić information content (AvgIpc) is 2.58. The molecule has 0 aromatic carbocycles. The first-order valence-electron chi connectivity index (χ1n) is 7.26. The summed E-state index contributed by atoms with van der Waals surface area (Å²) in [5, 5.41) is 6.59. The number of likely N-dealkylation sites (N-methyl/N-ethyl adjacent to an activating group) is 1. The van der Waals surface area contributed by atoms with Gasteiger partial charge in [-0.15, -0.1) is 0 Å². The second kappa shape index (κ2) is 5.67. The van der Waals surface area contributed by atoms with Crippen LogP contribution in [0.15, 0.2) is 0 Å². The number of rotatable bonds is 3. The fourth-order valence-electron chi connectivity index (χ4n) is 2.75. The van der Waals surface area contributed by atoms with Crippen LogP contribution >= 0.6 is 0 Å². The van der Waals surface area contributed by atoms with Crippen molar-refractivity contribution in [1.29, 1.82) is 0 Å². The normalized spacial score (nSPS) is 31.9. The van der Waals surface area contributed by atoms with Gasteiger partial charge in [0.25, 0.3) is 0 Å². The van der Waals surface area contributed by atoms with Crippen LogP contribution in [0.3, 0.4) is 0 Å². The zero-order chi connectivity index (χ0) is 14.0. The topological polar surface area (TPSA) is 53.6 Å². The van der Waals surface area contributed by atoms with Gasteiger partial charge in [-0.1, -0.05) is 0 Å². The van der Waals surface area contributed by atoms with Crippen LogP contribution in [0.4, 0.5) is 4.79 Å². The summed E-state index contributed by atoms with van der Waals surface area (Å²) in [5.41, 5.74) is -0.417. The van der Waals surface area contributed by atoms with Crippen LogP contribution < -0.4 is 10.6 Å². The lowest BCUT2D eigenvalue weighted by molar-refractivity contribution is 0.0463. The van der Waals surface area contributed by atoms with Gasteiger partial charge in [-0.25, -0.2) is 4.79 Å². The molecular formula is C14H27N3O2. The molecule has 110 valence electrons. The maximum Gasteiger partial charge on any atom is 0.407 e. The summed E-state index contributed by atoms with van der Waals surface area (Å²) in [7, 11) is 2.16. The van der Waals surface area contributed by atoms with E-state index in [0.29, 0.717) is 12.1 Å². The number of ether oxygens (including phenoxy) is 1. The molecule has 0 spiro atoms. The molecule has 5 heteroatoms. The standard InChI is InChI=1S/C14H27N3O2/c1-14(2,3)19-13(18)16-12-7-11(8-12)15-10-5-6-17(4)9-10/h10-12,15H,5-9H2,1-4H3,(H,16,18). The monoisotopic (exact) mass is 269 g/mol. The minimum atomic E-state index is -0.417. The smallest absolute Gasteiger partial charge is 0.407 e. The predicted octanol–water partition coefficient (Wildman–Crippen LogP) is 1.34. The van der Waals surface area contributed by atoms with E-state index >= 15 is 0 Å². The minimum absolute atomic E-state index is 0.270. The van der Waals surface area contributed by atoms with E-state index in [-0.39, 0.29) is 12.1 Å². The van der Waals surface area contributed by atoms with Crippen molar-refractivity contribution in [3.8, 4) is 0 Å². The van der Waals surface area contributed by atoms with E-state index in [4.69, 9.17) is 4.74 Å². The number of nitrogens with zero attached hydrogens (tertiary/aromatic N) is 1. The second-order valence-electron chi connectivity index (χ2n) is 6.93. The summed E-state index contributed by atoms with van der Waals surface area (Å²) in [6.45, 7) is 7.97. The molecule has 1 heterocycles. The molecule has 1 atom stereocenters.